The quantitative estimate of drug-likeness (QED) is 0.807. The monoisotopic (exact) mass is 347 g/mol. The minimum atomic E-state index is -0.0673. The summed E-state index contributed by atoms with van der Waals surface area (Å²) in [5.41, 5.74) is 8.62. The van der Waals surface area contributed by atoms with Crippen molar-refractivity contribution >= 4 is 39.8 Å². The maximum Gasteiger partial charge on any atom is 0.237 e. The summed E-state index contributed by atoms with van der Waals surface area (Å²) in [5.74, 6) is 0.162. The number of nitrogens with zero attached hydrogens (tertiary/aromatic N) is 4. The number of thioether (sulfide) groups is 1. The van der Waals surface area contributed by atoms with E-state index in [4.69, 9.17) is 11.0 Å². The Labute approximate surface area is 143 Å². The van der Waals surface area contributed by atoms with Gasteiger partial charge in [-0.25, -0.2) is 0 Å². The molecule has 1 aromatic carbocycles. The molecule has 0 aliphatic carbocycles. The third-order valence-corrected chi connectivity index (χ3v) is 5.16. The van der Waals surface area contributed by atoms with E-state index in [1.165, 1.54) is 28.7 Å². The van der Waals surface area contributed by atoms with Gasteiger partial charge >= 0.3 is 0 Å². The van der Waals surface area contributed by atoms with Crippen molar-refractivity contribution in [3.05, 3.63) is 29.3 Å². The number of rotatable bonds is 6. The van der Waals surface area contributed by atoms with E-state index < -0.39 is 0 Å². The number of benzene rings is 1. The first kappa shape index (κ1) is 17.2. The lowest BCUT2D eigenvalue weighted by Gasteiger charge is -2.22. The van der Waals surface area contributed by atoms with Gasteiger partial charge in [0, 0.05) is 12.2 Å². The van der Waals surface area contributed by atoms with Crippen LogP contribution in [0.2, 0.25) is 0 Å². The molecule has 0 fully saturated rings. The zero-order chi connectivity index (χ0) is 16.8. The van der Waals surface area contributed by atoms with Crippen LogP contribution in [0.1, 0.15) is 17.5 Å². The topological polar surface area (TPSA) is 95.9 Å². The lowest BCUT2D eigenvalue weighted by molar-refractivity contribution is -0.116. The smallest absolute Gasteiger partial charge is 0.237 e. The highest BCUT2D eigenvalue weighted by Crippen LogP contribution is 2.25. The molecule has 0 unspecified atom stereocenters. The summed E-state index contributed by atoms with van der Waals surface area (Å²) >= 11 is 2.56. The molecule has 1 aromatic heterocycles. The van der Waals surface area contributed by atoms with Crippen molar-refractivity contribution in [2.45, 2.75) is 24.6 Å². The Kier molecular flexibility index (Phi) is 5.96. The van der Waals surface area contributed by atoms with Gasteiger partial charge in [-0.05, 0) is 37.1 Å². The maximum absolute atomic E-state index is 12.5. The number of hydrogen-bond acceptors (Lipinski definition) is 7. The minimum absolute atomic E-state index is 0.0673. The van der Waals surface area contributed by atoms with Gasteiger partial charge in [-0.15, -0.1) is 10.2 Å². The molecule has 0 saturated heterocycles. The van der Waals surface area contributed by atoms with E-state index in [-0.39, 0.29) is 18.1 Å². The second-order valence-electron chi connectivity index (χ2n) is 4.92. The maximum atomic E-state index is 12.5. The number of nitriles is 1. The predicted octanol–water partition coefficient (Wildman–Crippen LogP) is 2.78. The van der Waals surface area contributed by atoms with E-state index >= 15 is 0 Å². The highest BCUT2D eigenvalue weighted by atomic mass is 32.2. The Hall–Kier alpha value is -2.11. The second-order valence-corrected chi connectivity index (χ2v) is 7.15. The van der Waals surface area contributed by atoms with Crippen LogP contribution in [0.4, 0.5) is 10.8 Å². The van der Waals surface area contributed by atoms with Crippen molar-refractivity contribution in [3.63, 3.8) is 0 Å². The van der Waals surface area contributed by atoms with Crippen molar-refractivity contribution < 1.29 is 4.79 Å². The van der Waals surface area contributed by atoms with Crippen LogP contribution in [0.3, 0.4) is 0 Å². The largest absolute Gasteiger partial charge is 0.374 e. The molecule has 6 nitrogen and oxygen atoms in total. The molecule has 0 aliphatic heterocycles. The number of hydrogen-bond donors (Lipinski definition) is 1. The van der Waals surface area contributed by atoms with Gasteiger partial charge < -0.3 is 10.6 Å². The van der Waals surface area contributed by atoms with Crippen LogP contribution in [0, 0.1) is 25.2 Å². The molecule has 0 saturated carbocycles. The van der Waals surface area contributed by atoms with Crippen LogP contribution in [0.25, 0.3) is 0 Å². The van der Waals surface area contributed by atoms with E-state index in [1.807, 2.05) is 32.0 Å². The van der Waals surface area contributed by atoms with Crippen LogP contribution >= 0.6 is 23.1 Å². The number of anilines is 2. The van der Waals surface area contributed by atoms with Gasteiger partial charge in [0.05, 0.1) is 18.2 Å². The molecule has 2 aromatic rings. The Morgan fingerprint density at radius 3 is 2.78 bits per heavy atom. The molecule has 0 bridgehead atoms. The van der Waals surface area contributed by atoms with E-state index in [0.717, 1.165) is 11.3 Å². The summed E-state index contributed by atoms with van der Waals surface area (Å²) in [7, 11) is 0. The fraction of sp³-hybridized carbons (Fsp3) is 0.333. The van der Waals surface area contributed by atoms with Crippen LogP contribution in [0.15, 0.2) is 22.5 Å². The summed E-state index contributed by atoms with van der Waals surface area (Å²) in [4.78, 5) is 14.2. The number of aromatic nitrogens is 2. The van der Waals surface area contributed by atoms with Crippen LogP contribution < -0.4 is 10.6 Å². The van der Waals surface area contributed by atoms with Gasteiger partial charge in [-0.3, -0.25) is 4.79 Å². The zero-order valence-electron chi connectivity index (χ0n) is 12.9. The van der Waals surface area contributed by atoms with E-state index in [2.05, 4.69) is 16.3 Å². The third-order valence-electron chi connectivity index (χ3n) is 3.29. The van der Waals surface area contributed by atoms with Crippen LogP contribution in [-0.4, -0.2) is 28.4 Å². The molecule has 0 aliphatic rings. The number of nitrogen functional groups attached to an aromatic ring is 1. The second kappa shape index (κ2) is 7.94. The van der Waals surface area contributed by atoms with Gasteiger partial charge in [0.15, 0.2) is 4.34 Å². The first-order valence-corrected chi connectivity index (χ1v) is 8.78. The SMILES string of the molecule is Cc1ccc(N(CCC#N)C(=O)CSc2nnc(N)s2)cc1C. The summed E-state index contributed by atoms with van der Waals surface area (Å²) in [6, 6.07) is 7.95. The fourth-order valence-electron chi connectivity index (χ4n) is 1.93. The standard InChI is InChI=1S/C15H17N5OS2/c1-10-4-5-12(8-11(10)2)20(7-3-6-16)13(21)9-22-15-19-18-14(17)23-15/h4-5,8H,3,7,9H2,1-2H3,(H2,17,18). The fourth-order valence-corrected chi connectivity index (χ4v) is 3.45. The van der Waals surface area contributed by atoms with Crippen LogP contribution in [-0.2, 0) is 4.79 Å². The molecule has 120 valence electrons. The third kappa shape index (κ3) is 4.68. The molecule has 0 spiro atoms. The van der Waals surface area contributed by atoms with Gasteiger partial charge in [0.25, 0.3) is 0 Å². The average Bonchev–Trinajstić information content (AvgIpc) is 2.94. The van der Waals surface area contributed by atoms with Crippen molar-refractivity contribution in [2.75, 3.05) is 22.9 Å². The van der Waals surface area contributed by atoms with Crippen LogP contribution in [0.5, 0.6) is 0 Å². The molecule has 2 rings (SSSR count). The lowest BCUT2D eigenvalue weighted by Crippen LogP contribution is -2.33. The summed E-state index contributed by atoms with van der Waals surface area (Å²) in [5, 5.41) is 16.8. The molecule has 8 heteroatoms. The Balaban J connectivity index is 2.11. The molecular formula is C15H17N5OS2. The molecule has 0 radical (unpaired) electrons. The number of carbonyl (C=O) groups is 1. The van der Waals surface area contributed by atoms with Crippen molar-refractivity contribution in [1.82, 2.24) is 10.2 Å². The number of amides is 1. The Bertz CT molecular complexity index is 738. The molecule has 1 amide bonds. The Morgan fingerprint density at radius 1 is 1.39 bits per heavy atom. The number of nitrogens with two attached hydrogens (primary N) is 1. The van der Waals surface area contributed by atoms with E-state index in [0.29, 0.717) is 16.0 Å². The molecule has 0 atom stereocenters. The zero-order valence-corrected chi connectivity index (χ0v) is 14.6. The van der Waals surface area contributed by atoms with Gasteiger partial charge in [-0.1, -0.05) is 29.2 Å². The summed E-state index contributed by atoms with van der Waals surface area (Å²) in [6.07, 6.45) is 0.287. The average molecular weight is 347 g/mol. The minimum Gasteiger partial charge on any atom is -0.374 e. The first-order chi connectivity index (χ1) is 11.0. The van der Waals surface area contributed by atoms with Gasteiger partial charge in [0.1, 0.15) is 0 Å². The summed E-state index contributed by atoms with van der Waals surface area (Å²) in [6.45, 7) is 4.40. The van der Waals surface area contributed by atoms with Crippen molar-refractivity contribution in [3.8, 4) is 6.07 Å². The highest BCUT2D eigenvalue weighted by Gasteiger charge is 2.17. The van der Waals surface area contributed by atoms with E-state index in [1.54, 1.807) is 4.90 Å². The van der Waals surface area contributed by atoms with Gasteiger partial charge in [-0.2, -0.15) is 5.26 Å². The first-order valence-electron chi connectivity index (χ1n) is 6.97. The number of carbonyl (C=O) groups excluding carboxylic acids is 1. The van der Waals surface area contributed by atoms with E-state index in [9.17, 15) is 4.79 Å². The predicted molar refractivity (Wildman–Crippen MR) is 93.5 cm³/mol. The molecular weight excluding hydrogens is 330 g/mol. The van der Waals surface area contributed by atoms with Crippen molar-refractivity contribution in [1.29, 1.82) is 5.26 Å². The highest BCUT2D eigenvalue weighted by molar-refractivity contribution is 8.01. The normalized spacial score (nSPS) is 10.3. The number of aryl methyl sites for hydroxylation is 2. The lowest BCUT2D eigenvalue weighted by atomic mass is 10.1. The Morgan fingerprint density at radius 2 is 2.17 bits per heavy atom. The van der Waals surface area contributed by atoms with Crippen molar-refractivity contribution in [2.24, 2.45) is 0 Å². The molecule has 2 N–H and O–H groups in total. The summed E-state index contributed by atoms with van der Waals surface area (Å²) < 4.78 is 0.663. The van der Waals surface area contributed by atoms with Gasteiger partial charge in [0.2, 0.25) is 11.0 Å². The molecule has 23 heavy (non-hydrogen) atoms. The molecule has 1 heterocycles.